The Hall–Kier alpha value is -1.16. The third-order valence-corrected chi connectivity index (χ3v) is 2.93. The van der Waals surface area contributed by atoms with Crippen molar-refractivity contribution in [1.29, 1.82) is 0 Å². The van der Waals surface area contributed by atoms with Gasteiger partial charge in [0.1, 0.15) is 11.5 Å². The third kappa shape index (κ3) is 1.69. The average molecular weight is 207 g/mol. The van der Waals surface area contributed by atoms with Gasteiger partial charge in [-0.2, -0.15) is 0 Å². The molecule has 0 aliphatic carbocycles. The average Bonchev–Trinajstić information content (AvgIpc) is 2.55. The smallest absolute Gasteiger partial charge is 0.180 e. The first-order valence-corrected chi connectivity index (χ1v) is 5.41. The number of ketones is 1. The van der Waals surface area contributed by atoms with E-state index in [1.165, 1.54) is 0 Å². The van der Waals surface area contributed by atoms with Gasteiger partial charge >= 0.3 is 0 Å². The Labute approximate surface area is 89.9 Å². The van der Waals surface area contributed by atoms with Gasteiger partial charge in [-0.25, -0.2) is 4.98 Å². The second-order valence-electron chi connectivity index (χ2n) is 4.12. The van der Waals surface area contributed by atoms with E-state index in [4.69, 9.17) is 0 Å². The van der Waals surface area contributed by atoms with Crippen LogP contribution in [0.5, 0.6) is 0 Å². The number of aryl methyl sites for hydroxylation is 1. The van der Waals surface area contributed by atoms with Crippen LogP contribution in [0.15, 0.2) is 0 Å². The Balaban J connectivity index is 2.50. The molecule has 1 aliphatic rings. The lowest BCUT2D eigenvalue weighted by atomic mass is 10.2. The first-order valence-electron chi connectivity index (χ1n) is 5.41. The van der Waals surface area contributed by atoms with Gasteiger partial charge in [0.05, 0.1) is 5.69 Å². The summed E-state index contributed by atoms with van der Waals surface area (Å²) >= 11 is 0. The van der Waals surface area contributed by atoms with E-state index in [1.807, 2.05) is 0 Å². The summed E-state index contributed by atoms with van der Waals surface area (Å²) in [5.74, 6) is 1.12. The maximum Gasteiger partial charge on any atom is 0.180 e. The van der Waals surface area contributed by atoms with Crippen molar-refractivity contribution >= 4 is 5.78 Å². The lowest BCUT2D eigenvalue weighted by Gasteiger charge is -2.25. The quantitative estimate of drug-likeness (QED) is 0.681. The molecule has 0 spiro atoms. The summed E-state index contributed by atoms with van der Waals surface area (Å²) in [5.41, 5.74) is 1.76. The van der Waals surface area contributed by atoms with Crippen molar-refractivity contribution in [1.82, 2.24) is 14.5 Å². The zero-order valence-electron chi connectivity index (χ0n) is 9.58. The summed E-state index contributed by atoms with van der Waals surface area (Å²) in [7, 11) is 2.08. The molecule has 0 saturated carbocycles. The van der Waals surface area contributed by atoms with E-state index in [2.05, 4.69) is 28.4 Å². The summed E-state index contributed by atoms with van der Waals surface area (Å²) in [6.45, 7) is 6.50. The molecule has 15 heavy (non-hydrogen) atoms. The molecule has 0 fully saturated rings. The zero-order chi connectivity index (χ0) is 11.0. The predicted molar refractivity (Wildman–Crippen MR) is 57.9 cm³/mol. The first kappa shape index (κ1) is 10.4. The van der Waals surface area contributed by atoms with Gasteiger partial charge in [0.15, 0.2) is 5.78 Å². The molecule has 0 unspecified atom stereocenters. The molecule has 0 aromatic carbocycles. The van der Waals surface area contributed by atoms with Crippen LogP contribution >= 0.6 is 0 Å². The fourth-order valence-electron chi connectivity index (χ4n) is 2.12. The summed E-state index contributed by atoms with van der Waals surface area (Å²) < 4.78 is 2.21. The number of likely N-dealkylation sites (N-methyl/N-ethyl adjacent to an activating group) is 1. The molecule has 2 rings (SSSR count). The van der Waals surface area contributed by atoms with Gasteiger partial charge in [-0.15, -0.1) is 0 Å². The van der Waals surface area contributed by atoms with Crippen LogP contribution in [0, 0.1) is 0 Å². The van der Waals surface area contributed by atoms with Gasteiger partial charge in [-0.05, 0) is 7.05 Å². The molecule has 1 aliphatic heterocycles. The van der Waals surface area contributed by atoms with E-state index in [0.29, 0.717) is 5.69 Å². The van der Waals surface area contributed by atoms with E-state index in [1.54, 1.807) is 6.92 Å². The van der Waals surface area contributed by atoms with Crippen molar-refractivity contribution in [2.45, 2.75) is 33.4 Å². The number of fused-ring (bicyclic) bond motifs is 1. The number of hydrogen-bond donors (Lipinski definition) is 0. The number of nitrogens with zero attached hydrogens (tertiary/aromatic N) is 3. The van der Waals surface area contributed by atoms with E-state index in [-0.39, 0.29) is 5.78 Å². The van der Waals surface area contributed by atoms with Gasteiger partial charge in [-0.3, -0.25) is 9.69 Å². The number of carbonyl (C=O) groups excluding carboxylic acids is 1. The molecule has 2 heterocycles. The highest BCUT2D eigenvalue weighted by Crippen LogP contribution is 2.19. The fraction of sp³-hybridized carbons (Fsp3) is 0.636. The van der Waals surface area contributed by atoms with Gasteiger partial charge in [0.25, 0.3) is 0 Å². The van der Waals surface area contributed by atoms with Crippen LogP contribution in [-0.2, 0) is 19.5 Å². The Bertz CT molecular complexity index is 395. The molecule has 0 amide bonds. The van der Waals surface area contributed by atoms with Crippen LogP contribution in [0.2, 0.25) is 0 Å². The molecule has 4 nitrogen and oxygen atoms in total. The van der Waals surface area contributed by atoms with Crippen LogP contribution in [0.25, 0.3) is 0 Å². The van der Waals surface area contributed by atoms with Gasteiger partial charge in [0.2, 0.25) is 0 Å². The number of hydrogen-bond acceptors (Lipinski definition) is 3. The Morgan fingerprint density at radius 2 is 2.20 bits per heavy atom. The lowest BCUT2D eigenvalue weighted by molar-refractivity contribution is 0.101. The molecule has 0 saturated heterocycles. The van der Waals surface area contributed by atoms with E-state index >= 15 is 0 Å². The second kappa shape index (κ2) is 3.77. The summed E-state index contributed by atoms with van der Waals surface area (Å²) in [6, 6.07) is 0. The number of carbonyl (C=O) groups is 1. The molecule has 82 valence electrons. The van der Waals surface area contributed by atoms with Crippen molar-refractivity contribution in [3.63, 3.8) is 0 Å². The number of aromatic nitrogens is 2. The minimum atomic E-state index is 0.0775. The summed E-state index contributed by atoms with van der Waals surface area (Å²) in [5, 5.41) is 0. The van der Waals surface area contributed by atoms with Crippen molar-refractivity contribution in [2.75, 3.05) is 13.6 Å². The Morgan fingerprint density at radius 3 is 2.80 bits per heavy atom. The third-order valence-electron chi connectivity index (χ3n) is 2.93. The van der Waals surface area contributed by atoms with Crippen LogP contribution in [-0.4, -0.2) is 33.8 Å². The highest BCUT2D eigenvalue weighted by atomic mass is 16.1. The monoisotopic (exact) mass is 207 g/mol. The molecule has 0 radical (unpaired) electrons. The van der Waals surface area contributed by atoms with E-state index in [0.717, 1.165) is 37.6 Å². The normalized spacial score (nSPS) is 16.5. The lowest BCUT2D eigenvalue weighted by Crippen LogP contribution is -2.31. The molecule has 0 atom stereocenters. The number of rotatable bonds is 2. The molecular formula is C11H17N3O. The number of Topliss-reactive ketones (excluding diaryl/α,β-unsaturated/α-hetero) is 1. The highest BCUT2D eigenvalue weighted by Gasteiger charge is 2.23. The molecule has 0 bridgehead atoms. The fourth-order valence-corrected chi connectivity index (χ4v) is 2.12. The maximum atomic E-state index is 11.5. The van der Waals surface area contributed by atoms with Crippen LogP contribution in [0.3, 0.4) is 0 Å². The Kier molecular flexibility index (Phi) is 2.61. The predicted octanol–water partition coefficient (Wildman–Crippen LogP) is 1.09. The van der Waals surface area contributed by atoms with Crippen molar-refractivity contribution in [3.8, 4) is 0 Å². The van der Waals surface area contributed by atoms with E-state index in [9.17, 15) is 4.79 Å². The second-order valence-corrected chi connectivity index (χ2v) is 4.12. The molecule has 4 heteroatoms. The highest BCUT2D eigenvalue weighted by molar-refractivity contribution is 5.93. The van der Waals surface area contributed by atoms with E-state index < -0.39 is 0 Å². The van der Waals surface area contributed by atoms with Gasteiger partial charge in [0, 0.05) is 33.0 Å². The minimum absolute atomic E-state index is 0.0775. The van der Waals surface area contributed by atoms with Gasteiger partial charge < -0.3 is 4.57 Å². The molecule has 1 aromatic heterocycles. The minimum Gasteiger partial charge on any atom is -0.329 e. The number of imidazole rings is 1. The molecular weight excluding hydrogens is 190 g/mol. The summed E-state index contributed by atoms with van der Waals surface area (Å²) in [6.07, 6.45) is 0.893. The summed E-state index contributed by atoms with van der Waals surface area (Å²) in [4.78, 5) is 18.1. The maximum absolute atomic E-state index is 11.5. The molecule has 0 N–H and O–H groups in total. The van der Waals surface area contributed by atoms with Crippen LogP contribution < -0.4 is 0 Å². The first-order chi connectivity index (χ1) is 7.13. The van der Waals surface area contributed by atoms with Crippen LogP contribution in [0.1, 0.15) is 35.9 Å². The van der Waals surface area contributed by atoms with Crippen molar-refractivity contribution < 1.29 is 4.79 Å². The zero-order valence-corrected chi connectivity index (χ0v) is 9.58. The molecule has 1 aromatic rings. The van der Waals surface area contributed by atoms with Gasteiger partial charge in [-0.1, -0.05) is 6.92 Å². The topological polar surface area (TPSA) is 38.1 Å². The largest absolute Gasteiger partial charge is 0.329 e. The standard InChI is InChI=1S/C11H17N3O/c1-4-10-12-11(8(2)15)9-7-13(3)5-6-14(9)10/h4-7H2,1-3H3. The van der Waals surface area contributed by atoms with Crippen LogP contribution in [0.4, 0.5) is 0 Å². The Morgan fingerprint density at radius 1 is 1.47 bits per heavy atom. The SMILES string of the molecule is CCc1nc(C(C)=O)c2n1CCN(C)C2. The van der Waals surface area contributed by atoms with Crippen molar-refractivity contribution in [3.05, 3.63) is 17.2 Å². The van der Waals surface area contributed by atoms with Crippen molar-refractivity contribution in [2.24, 2.45) is 0 Å².